The predicted molar refractivity (Wildman–Crippen MR) is 245 cm³/mol. The van der Waals surface area contributed by atoms with Crippen molar-refractivity contribution in [2.75, 3.05) is 13.2 Å². The minimum absolute atomic E-state index is 0.561. The molecule has 1 heterocycles. The number of rotatable bonds is 20. The summed E-state index contributed by atoms with van der Waals surface area (Å²) >= 11 is 1.21. The number of ether oxygens (including phenoxy) is 2. The van der Waals surface area contributed by atoms with Crippen molar-refractivity contribution in [2.45, 2.75) is 79.1 Å². The molecule has 0 N–H and O–H groups in total. The summed E-state index contributed by atoms with van der Waals surface area (Å²) in [4.78, 5) is 0. The summed E-state index contributed by atoms with van der Waals surface area (Å²) in [5, 5.41) is 20.7. The molecule has 2 atom stereocenters. The fourth-order valence-corrected chi connectivity index (χ4v) is 7.91. The lowest BCUT2D eigenvalue weighted by Crippen LogP contribution is -2.11. The molecule has 0 bridgehead atoms. The fourth-order valence-electron chi connectivity index (χ4n) is 7.33. The van der Waals surface area contributed by atoms with E-state index in [0.717, 1.165) is 104 Å². The molecule has 0 aliphatic carbocycles. The van der Waals surface area contributed by atoms with E-state index in [4.69, 9.17) is 18.2 Å². The van der Waals surface area contributed by atoms with Crippen LogP contribution in [-0.2, 0) is 0 Å². The van der Waals surface area contributed by atoms with Crippen LogP contribution < -0.4 is 9.47 Å². The molecule has 2 unspecified atom stereocenters. The summed E-state index contributed by atoms with van der Waals surface area (Å²) in [7, 11) is 0. The van der Waals surface area contributed by atoms with E-state index >= 15 is 0 Å². The maximum atomic E-state index is 6.36. The van der Waals surface area contributed by atoms with Gasteiger partial charge in [0.25, 0.3) is 0 Å². The van der Waals surface area contributed by atoms with Gasteiger partial charge >= 0.3 is 0 Å². The van der Waals surface area contributed by atoms with Crippen molar-refractivity contribution in [3.05, 3.63) is 121 Å². The maximum absolute atomic E-state index is 6.36. The van der Waals surface area contributed by atoms with E-state index in [9.17, 15) is 0 Å². The summed E-state index contributed by atoms with van der Waals surface area (Å²) < 4.78 is 22.0. The molecule has 302 valence electrons. The zero-order chi connectivity index (χ0) is 40.8. The van der Waals surface area contributed by atoms with Crippen LogP contribution >= 0.6 is 11.7 Å². The Bertz CT molecular complexity index is 2480. The largest absolute Gasteiger partial charge is 0.493 e. The molecule has 59 heavy (non-hydrogen) atoms. The molecule has 0 aliphatic rings. The van der Waals surface area contributed by atoms with Crippen LogP contribution in [-0.4, -0.2) is 22.0 Å². The van der Waals surface area contributed by atoms with E-state index < -0.39 is 0 Å². The molecule has 7 rings (SSSR count). The van der Waals surface area contributed by atoms with Crippen LogP contribution in [0.1, 0.15) is 79.1 Å². The van der Waals surface area contributed by atoms with Crippen LogP contribution in [0, 0.1) is 11.8 Å². The monoisotopic (exact) mass is 802 g/mol. The number of benzene rings is 6. The predicted octanol–water partition coefficient (Wildman–Crippen LogP) is 16.2. The van der Waals surface area contributed by atoms with Crippen LogP contribution in [0.3, 0.4) is 0 Å². The number of nitrogens with zero attached hydrogens (tertiary/aromatic N) is 6. The minimum atomic E-state index is 0.561. The molecular formula is C50H54N6O2S. The van der Waals surface area contributed by atoms with Crippen molar-refractivity contribution in [2.24, 2.45) is 32.3 Å². The van der Waals surface area contributed by atoms with Gasteiger partial charge in [0.1, 0.15) is 22.5 Å². The van der Waals surface area contributed by atoms with Crippen LogP contribution in [0.15, 0.2) is 142 Å². The number of unbranched alkanes of at least 4 members (excludes halogenated alkanes) is 2. The van der Waals surface area contributed by atoms with Gasteiger partial charge in [0.05, 0.1) is 47.7 Å². The number of hydrogen-bond acceptors (Lipinski definition) is 9. The van der Waals surface area contributed by atoms with Crippen molar-refractivity contribution in [1.82, 2.24) is 8.75 Å². The molecule has 0 saturated carbocycles. The smallest absolute Gasteiger partial charge is 0.127 e. The lowest BCUT2D eigenvalue weighted by atomic mass is 9.97. The second-order valence-corrected chi connectivity index (χ2v) is 15.7. The van der Waals surface area contributed by atoms with Crippen molar-refractivity contribution < 1.29 is 9.47 Å². The number of aromatic nitrogens is 2. The lowest BCUT2D eigenvalue weighted by Gasteiger charge is -2.17. The van der Waals surface area contributed by atoms with Crippen LogP contribution in [0.2, 0.25) is 0 Å². The second-order valence-electron chi connectivity index (χ2n) is 15.2. The van der Waals surface area contributed by atoms with Gasteiger partial charge in [-0.2, -0.15) is 19.0 Å². The third-order valence-electron chi connectivity index (χ3n) is 11.1. The van der Waals surface area contributed by atoms with E-state index in [1.165, 1.54) is 50.3 Å². The molecule has 9 heteroatoms. The molecule has 0 saturated heterocycles. The number of hydrogen-bond donors (Lipinski definition) is 0. The highest BCUT2D eigenvalue weighted by Gasteiger charge is 2.16. The summed E-state index contributed by atoms with van der Waals surface area (Å²) in [5.74, 6) is 2.89. The first-order valence-corrected chi connectivity index (χ1v) is 22.0. The zero-order valence-corrected chi connectivity index (χ0v) is 35.5. The molecule has 8 nitrogen and oxygen atoms in total. The highest BCUT2D eigenvalue weighted by atomic mass is 32.1. The maximum Gasteiger partial charge on any atom is 0.127 e. The van der Waals surface area contributed by atoms with Crippen LogP contribution in [0.25, 0.3) is 44.1 Å². The zero-order valence-electron chi connectivity index (χ0n) is 34.7. The first kappa shape index (κ1) is 41.4. The Morgan fingerprint density at radius 1 is 0.508 bits per heavy atom. The summed E-state index contributed by atoms with van der Waals surface area (Å²) in [6.45, 7) is 10.4. The third-order valence-corrected chi connectivity index (χ3v) is 11.6. The standard InChI is InChI=1S/C50H54N6O2S/c1-5-9-15-35(7-3)33-57-40-27-25-39(26-28-40)52-53-46-20-14-13-18-43(46)45-30-29-41(49-50(45)56-59-55-49)37-21-23-38(24-22-37)51-54-47-31-32-48(44-19-12-11-17-42(44)47)58-34-36(8-4)16-10-6-2/h11-14,17-32,35-36H,5-10,15-16,33-34H2,1-4H3. The van der Waals surface area contributed by atoms with Crippen molar-refractivity contribution in [3.63, 3.8) is 0 Å². The van der Waals surface area contributed by atoms with Crippen LogP contribution in [0.4, 0.5) is 22.7 Å². The molecule has 0 fully saturated rings. The van der Waals surface area contributed by atoms with Gasteiger partial charge in [-0.3, -0.25) is 0 Å². The minimum Gasteiger partial charge on any atom is -0.493 e. The van der Waals surface area contributed by atoms with Gasteiger partial charge in [-0.15, -0.1) is 10.2 Å². The molecule has 1 aromatic heterocycles. The Labute approximate surface area is 352 Å². The molecule has 0 spiro atoms. The third kappa shape index (κ3) is 10.4. The average Bonchev–Trinajstić information content (AvgIpc) is 3.79. The quantitative estimate of drug-likeness (QED) is 0.0717. The topological polar surface area (TPSA) is 93.7 Å². The van der Waals surface area contributed by atoms with Gasteiger partial charge in [-0.05, 0) is 84.8 Å². The SMILES string of the molecule is CCCCC(CC)COc1ccc(N=Nc2ccccc2-c2ccc(-c3ccc(N=Nc4ccc(OCC(CC)CCCC)c5ccccc45)cc3)c3nsnc23)cc1. The molecule has 0 aliphatic heterocycles. The normalized spacial score (nSPS) is 12.8. The molecule has 0 amide bonds. The first-order valence-electron chi connectivity index (χ1n) is 21.2. The Morgan fingerprint density at radius 2 is 1.08 bits per heavy atom. The van der Waals surface area contributed by atoms with E-state index in [2.05, 4.69) is 90.6 Å². The molecule has 0 radical (unpaired) electrons. The van der Waals surface area contributed by atoms with Gasteiger partial charge in [0.2, 0.25) is 0 Å². The number of azo groups is 2. The first-order chi connectivity index (χ1) is 29.1. The second kappa shape index (κ2) is 20.8. The lowest BCUT2D eigenvalue weighted by molar-refractivity contribution is 0.233. The molecule has 6 aromatic carbocycles. The molecule has 7 aromatic rings. The Kier molecular flexibility index (Phi) is 14.5. The van der Waals surface area contributed by atoms with Gasteiger partial charge in [0, 0.05) is 27.5 Å². The van der Waals surface area contributed by atoms with E-state index in [0.29, 0.717) is 11.8 Å². The summed E-state index contributed by atoms with van der Waals surface area (Å²) in [5.41, 5.74) is 8.69. The van der Waals surface area contributed by atoms with Crippen molar-refractivity contribution >= 4 is 56.3 Å². The summed E-state index contributed by atoms with van der Waals surface area (Å²) in [6.07, 6.45) is 9.54. The van der Waals surface area contributed by atoms with Crippen molar-refractivity contribution in [1.29, 1.82) is 0 Å². The van der Waals surface area contributed by atoms with Gasteiger partial charge in [0.15, 0.2) is 0 Å². The van der Waals surface area contributed by atoms with Crippen molar-refractivity contribution in [3.8, 4) is 33.8 Å². The highest BCUT2D eigenvalue weighted by molar-refractivity contribution is 7.00. The van der Waals surface area contributed by atoms with E-state index in [-0.39, 0.29) is 0 Å². The van der Waals surface area contributed by atoms with E-state index in [1.807, 2.05) is 78.9 Å². The van der Waals surface area contributed by atoms with E-state index in [1.54, 1.807) is 0 Å². The fraction of sp³-hybridized carbons (Fsp3) is 0.320. The Morgan fingerprint density at radius 3 is 1.76 bits per heavy atom. The summed E-state index contributed by atoms with van der Waals surface area (Å²) in [6, 6.07) is 40.5. The molecular weight excluding hydrogens is 749 g/mol. The Hall–Kier alpha value is -5.80. The number of fused-ring (bicyclic) bond motifs is 2. The Balaban J connectivity index is 1.05. The highest BCUT2D eigenvalue weighted by Crippen LogP contribution is 2.40. The average molecular weight is 803 g/mol. The van der Waals surface area contributed by atoms with Gasteiger partial charge < -0.3 is 9.47 Å². The van der Waals surface area contributed by atoms with Crippen LogP contribution in [0.5, 0.6) is 11.5 Å². The van der Waals surface area contributed by atoms with Gasteiger partial charge in [-0.1, -0.05) is 133 Å². The van der Waals surface area contributed by atoms with Gasteiger partial charge in [-0.25, -0.2) is 0 Å².